The van der Waals surface area contributed by atoms with Crippen LogP contribution in [0.15, 0.2) is 65.9 Å². The number of hydrogen-bond acceptors (Lipinski definition) is 8. The maximum Gasteiger partial charge on any atom is 0.137 e. The summed E-state index contributed by atoms with van der Waals surface area (Å²) < 4.78 is 33.7. The number of halogens is 2. The highest BCUT2D eigenvalue weighted by molar-refractivity contribution is 7.10. The lowest BCUT2D eigenvalue weighted by atomic mass is 9.82. The van der Waals surface area contributed by atoms with Crippen molar-refractivity contribution in [2.24, 2.45) is 0 Å². The zero-order chi connectivity index (χ0) is 23.7. The highest BCUT2D eigenvalue weighted by Gasteiger charge is 2.41. The summed E-state index contributed by atoms with van der Waals surface area (Å²) in [5.41, 5.74) is 1.61. The second-order valence-corrected chi connectivity index (χ2v) is 9.30. The Morgan fingerprint density at radius 3 is 2.47 bits per heavy atom. The summed E-state index contributed by atoms with van der Waals surface area (Å²) in [6, 6.07) is 10.9. The molecule has 2 atom stereocenters. The van der Waals surface area contributed by atoms with Gasteiger partial charge in [0.1, 0.15) is 35.6 Å². The Morgan fingerprint density at radius 2 is 1.82 bits per heavy atom. The molecule has 0 saturated heterocycles. The molecule has 0 amide bonds. The minimum Gasteiger partial charge on any atom is -0.382 e. The SMILES string of the molecule is C[C@@H](c1nc(-c2ccc(-c3csnn3)cc2)cs1)[C@](O)(Cn1cncn1)c1ccc(F)cc1F. The predicted octanol–water partition coefficient (Wildman–Crippen LogP) is 4.89. The largest absolute Gasteiger partial charge is 0.382 e. The fourth-order valence-electron chi connectivity index (χ4n) is 3.78. The quantitative estimate of drug-likeness (QED) is 0.345. The van der Waals surface area contributed by atoms with Gasteiger partial charge in [0.05, 0.1) is 17.2 Å². The molecule has 0 radical (unpaired) electrons. The summed E-state index contributed by atoms with van der Waals surface area (Å²) in [6.07, 6.45) is 2.77. The van der Waals surface area contributed by atoms with Gasteiger partial charge in [-0.3, -0.25) is 0 Å². The fraction of sp³-hybridized carbons (Fsp3) is 0.174. The molecule has 3 aromatic heterocycles. The van der Waals surface area contributed by atoms with E-state index in [-0.39, 0.29) is 12.1 Å². The number of nitrogens with zero attached hydrogens (tertiary/aromatic N) is 6. The van der Waals surface area contributed by atoms with Gasteiger partial charge in [0, 0.05) is 39.4 Å². The van der Waals surface area contributed by atoms with Crippen molar-refractivity contribution >= 4 is 22.9 Å². The maximum atomic E-state index is 14.8. The van der Waals surface area contributed by atoms with E-state index in [1.165, 1.54) is 46.3 Å². The normalized spacial score (nSPS) is 14.1. The number of benzene rings is 2. The van der Waals surface area contributed by atoms with Gasteiger partial charge in [0.25, 0.3) is 0 Å². The summed E-state index contributed by atoms with van der Waals surface area (Å²) in [6.45, 7) is 1.68. The van der Waals surface area contributed by atoms with Crippen LogP contribution in [0.5, 0.6) is 0 Å². The molecule has 11 heteroatoms. The number of aliphatic hydroxyl groups is 1. The van der Waals surface area contributed by atoms with Crippen molar-refractivity contribution in [1.29, 1.82) is 0 Å². The van der Waals surface area contributed by atoms with E-state index in [4.69, 9.17) is 4.98 Å². The molecule has 2 aromatic carbocycles. The number of rotatable bonds is 7. The summed E-state index contributed by atoms with van der Waals surface area (Å²) in [7, 11) is 0. The van der Waals surface area contributed by atoms with E-state index < -0.39 is 23.2 Å². The molecule has 5 rings (SSSR count). The van der Waals surface area contributed by atoms with Gasteiger partial charge >= 0.3 is 0 Å². The molecule has 0 spiro atoms. The summed E-state index contributed by atoms with van der Waals surface area (Å²) in [4.78, 5) is 8.64. The van der Waals surface area contributed by atoms with Crippen LogP contribution in [0, 0.1) is 11.6 Å². The average molecular weight is 497 g/mol. The van der Waals surface area contributed by atoms with Crippen LogP contribution >= 0.6 is 22.9 Å². The molecule has 0 saturated carbocycles. The molecule has 0 unspecified atom stereocenters. The summed E-state index contributed by atoms with van der Waals surface area (Å²) in [5.74, 6) is -2.18. The van der Waals surface area contributed by atoms with E-state index in [0.717, 1.165) is 34.6 Å². The Kier molecular flexibility index (Phi) is 5.98. The zero-order valence-corrected chi connectivity index (χ0v) is 19.5. The van der Waals surface area contributed by atoms with Gasteiger partial charge in [-0.25, -0.2) is 23.4 Å². The Bertz CT molecular complexity index is 1390. The van der Waals surface area contributed by atoms with E-state index in [0.29, 0.717) is 5.01 Å². The van der Waals surface area contributed by atoms with Crippen LogP contribution in [0.2, 0.25) is 0 Å². The Balaban J connectivity index is 1.48. The molecular weight excluding hydrogens is 478 g/mol. The van der Waals surface area contributed by atoms with Crippen LogP contribution in [0.1, 0.15) is 23.4 Å². The smallest absolute Gasteiger partial charge is 0.137 e. The lowest BCUT2D eigenvalue weighted by molar-refractivity contribution is -0.0112. The number of aromatic nitrogens is 6. The van der Waals surface area contributed by atoms with E-state index >= 15 is 0 Å². The lowest BCUT2D eigenvalue weighted by Gasteiger charge is -2.33. The third kappa shape index (κ3) is 4.25. The monoisotopic (exact) mass is 496 g/mol. The third-order valence-corrected chi connectivity index (χ3v) is 7.24. The number of thiazole rings is 1. The van der Waals surface area contributed by atoms with Crippen molar-refractivity contribution in [2.45, 2.75) is 25.0 Å². The molecule has 7 nitrogen and oxygen atoms in total. The highest BCUT2D eigenvalue weighted by atomic mass is 32.1. The van der Waals surface area contributed by atoms with Crippen molar-refractivity contribution in [3.05, 3.63) is 88.1 Å². The van der Waals surface area contributed by atoms with E-state index in [9.17, 15) is 13.9 Å². The molecule has 3 heterocycles. The van der Waals surface area contributed by atoms with Crippen LogP contribution in [-0.4, -0.2) is 34.4 Å². The van der Waals surface area contributed by atoms with Crippen molar-refractivity contribution in [3.8, 4) is 22.5 Å². The minimum absolute atomic E-state index is 0.0325. The Labute approximate surface area is 201 Å². The zero-order valence-electron chi connectivity index (χ0n) is 17.8. The molecule has 0 aliphatic rings. The van der Waals surface area contributed by atoms with Crippen molar-refractivity contribution < 1.29 is 13.9 Å². The molecular formula is C23H18F2N6OS2. The average Bonchev–Trinajstić information content (AvgIpc) is 3.61. The van der Waals surface area contributed by atoms with Gasteiger partial charge in [-0.15, -0.1) is 16.4 Å². The first-order valence-electron chi connectivity index (χ1n) is 10.3. The second-order valence-electron chi connectivity index (χ2n) is 7.80. The topological polar surface area (TPSA) is 89.6 Å². The molecule has 172 valence electrons. The summed E-state index contributed by atoms with van der Waals surface area (Å²) in [5, 5.41) is 24.3. The molecule has 0 bridgehead atoms. The molecule has 0 fully saturated rings. The van der Waals surface area contributed by atoms with Gasteiger partial charge in [0.2, 0.25) is 0 Å². The van der Waals surface area contributed by atoms with Crippen molar-refractivity contribution in [2.75, 3.05) is 0 Å². The molecule has 1 N–H and O–H groups in total. The van der Waals surface area contributed by atoms with E-state index in [1.54, 1.807) is 6.92 Å². The van der Waals surface area contributed by atoms with Gasteiger partial charge < -0.3 is 5.11 Å². The Hall–Kier alpha value is -3.41. The van der Waals surface area contributed by atoms with E-state index in [1.807, 2.05) is 35.0 Å². The highest BCUT2D eigenvalue weighted by Crippen LogP contribution is 2.41. The third-order valence-electron chi connectivity index (χ3n) is 5.71. The first-order valence-corrected chi connectivity index (χ1v) is 12.0. The summed E-state index contributed by atoms with van der Waals surface area (Å²) >= 11 is 2.66. The molecule has 0 aliphatic carbocycles. The molecule has 0 aliphatic heterocycles. The first-order chi connectivity index (χ1) is 16.4. The maximum absolute atomic E-state index is 14.8. The fourth-order valence-corrected chi connectivity index (χ4v) is 5.22. The van der Waals surface area contributed by atoms with Crippen LogP contribution in [-0.2, 0) is 12.1 Å². The predicted molar refractivity (Wildman–Crippen MR) is 125 cm³/mol. The van der Waals surface area contributed by atoms with Crippen LogP contribution < -0.4 is 0 Å². The molecule has 34 heavy (non-hydrogen) atoms. The van der Waals surface area contributed by atoms with Crippen LogP contribution in [0.25, 0.3) is 22.5 Å². The van der Waals surface area contributed by atoms with Crippen LogP contribution in [0.4, 0.5) is 8.78 Å². The van der Waals surface area contributed by atoms with Gasteiger partial charge in [-0.2, -0.15) is 5.10 Å². The Morgan fingerprint density at radius 1 is 1.06 bits per heavy atom. The first kappa shape index (κ1) is 22.4. The standard InChI is InChI=1S/C23H18F2N6OS2/c1-14(23(32,11-31-13-26-12-27-31)18-7-6-17(24)8-19(18)25)22-28-20(9-33-22)15-2-4-16(5-3-15)21-10-34-30-29-21/h2-10,12-14,32H,11H2,1H3/t14-,23+/m0/s1. The molecule has 5 aromatic rings. The van der Waals surface area contributed by atoms with Crippen molar-refractivity contribution in [1.82, 2.24) is 29.3 Å². The number of hydrogen-bond donors (Lipinski definition) is 1. The van der Waals surface area contributed by atoms with Gasteiger partial charge in [-0.1, -0.05) is 41.7 Å². The van der Waals surface area contributed by atoms with Gasteiger partial charge in [0.15, 0.2) is 0 Å². The second kappa shape index (κ2) is 9.09. The van der Waals surface area contributed by atoms with Crippen LogP contribution in [0.3, 0.4) is 0 Å². The lowest BCUT2D eigenvalue weighted by Crippen LogP contribution is -2.38. The van der Waals surface area contributed by atoms with E-state index in [2.05, 4.69) is 19.7 Å². The van der Waals surface area contributed by atoms with Gasteiger partial charge in [-0.05, 0) is 17.6 Å². The van der Waals surface area contributed by atoms with Crippen molar-refractivity contribution in [3.63, 3.8) is 0 Å². The minimum atomic E-state index is -1.75.